The van der Waals surface area contributed by atoms with Crippen LogP contribution in [-0.2, 0) is 6.54 Å². The number of hydrogen-bond donors (Lipinski definition) is 1. The Morgan fingerprint density at radius 3 is 2.84 bits per heavy atom. The fourth-order valence-corrected chi connectivity index (χ4v) is 3.15. The van der Waals surface area contributed by atoms with Gasteiger partial charge in [-0.05, 0) is 18.9 Å². The van der Waals surface area contributed by atoms with Crippen LogP contribution in [-0.4, -0.2) is 26.2 Å². The standard InChI is InChI=1S/C14H18ClN3O/c15-11-8-12-14(16-9-11)18(6-7-19)13(17-12)10-4-2-1-3-5-10/h8-10,19H,1-7H2. The van der Waals surface area contributed by atoms with E-state index >= 15 is 0 Å². The quantitative estimate of drug-likeness (QED) is 0.939. The zero-order chi connectivity index (χ0) is 13.2. The number of pyridine rings is 1. The van der Waals surface area contributed by atoms with E-state index < -0.39 is 0 Å². The third-order valence-corrected chi connectivity index (χ3v) is 4.08. The van der Waals surface area contributed by atoms with Crippen molar-refractivity contribution in [2.24, 2.45) is 0 Å². The lowest BCUT2D eigenvalue weighted by Crippen LogP contribution is -2.14. The molecule has 0 unspecified atom stereocenters. The van der Waals surface area contributed by atoms with Crippen molar-refractivity contribution in [2.45, 2.75) is 44.6 Å². The lowest BCUT2D eigenvalue weighted by molar-refractivity contribution is 0.273. The average molecular weight is 280 g/mol. The highest BCUT2D eigenvalue weighted by Gasteiger charge is 2.22. The maximum atomic E-state index is 9.27. The molecule has 1 saturated carbocycles. The second-order valence-electron chi connectivity index (χ2n) is 5.18. The summed E-state index contributed by atoms with van der Waals surface area (Å²) in [5.41, 5.74) is 1.67. The van der Waals surface area contributed by atoms with Crippen molar-refractivity contribution in [3.8, 4) is 0 Å². The Labute approximate surface area is 117 Å². The largest absolute Gasteiger partial charge is 0.395 e. The first-order valence-corrected chi connectivity index (χ1v) is 7.30. The Hall–Kier alpha value is -1.13. The first-order chi connectivity index (χ1) is 9.29. The Morgan fingerprint density at radius 2 is 2.11 bits per heavy atom. The van der Waals surface area contributed by atoms with E-state index in [0.717, 1.165) is 17.0 Å². The molecule has 2 aromatic rings. The molecule has 0 saturated heterocycles. The van der Waals surface area contributed by atoms with Crippen LogP contribution < -0.4 is 0 Å². The number of aliphatic hydroxyl groups excluding tert-OH is 1. The number of halogens is 1. The van der Waals surface area contributed by atoms with E-state index in [9.17, 15) is 5.11 Å². The van der Waals surface area contributed by atoms with E-state index in [2.05, 4.69) is 9.55 Å². The van der Waals surface area contributed by atoms with Crippen LogP contribution >= 0.6 is 11.6 Å². The molecule has 102 valence electrons. The van der Waals surface area contributed by atoms with Gasteiger partial charge in [0.05, 0.1) is 11.6 Å². The lowest BCUT2D eigenvalue weighted by atomic mass is 9.88. The SMILES string of the molecule is OCCn1c(C2CCCCC2)nc2cc(Cl)cnc21. The predicted octanol–water partition coefficient (Wildman–Crippen LogP) is 3.12. The van der Waals surface area contributed by atoms with Gasteiger partial charge in [0, 0.05) is 18.7 Å². The van der Waals surface area contributed by atoms with Crippen molar-refractivity contribution in [3.63, 3.8) is 0 Å². The third-order valence-electron chi connectivity index (χ3n) is 3.88. The summed E-state index contributed by atoms with van der Waals surface area (Å²) in [6.07, 6.45) is 7.86. The molecule has 5 heteroatoms. The highest BCUT2D eigenvalue weighted by Crippen LogP contribution is 2.33. The molecule has 0 bridgehead atoms. The van der Waals surface area contributed by atoms with E-state index in [1.165, 1.54) is 32.1 Å². The van der Waals surface area contributed by atoms with Gasteiger partial charge in [-0.2, -0.15) is 0 Å². The molecule has 1 N–H and O–H groups in total. The van der Waals surface area contributed by atoms with Crippen LogP contribution in [0, 0.1) is 0 Å². The van der Waals surface area contributed by atoms with Crippen molar-refractivity contribution < 1.29 is 5.11 Å². The summed E-state index contributed by atoms with van der Waals surface area (Å²) in [6, 6.07) is 1.85. The second-order valence-corrected chi connectivity index (χ2v) is 5.61. The minimum Gasteiger partial charge on any atom is -0.395 e. The first kappa shape index (κ1) is 12.9. The molecule has 2 heterocycles. The van der Waals surface area contributed by atoms with Crippen molar-refractivity contribution in [3.05, 3.63) is 23.1 Å². The first-order valence-electron chi connectivity index (χ1n) is 6.92. The molecule has 0 spiro atoms. The van der Waals surface area contributed by atoms with Gasteiger partial charge in [-0.1, -0.05) is 30.9 Å². The van der Waals surface area contributed by atoms with Gasteiger partial charge >= 0.3 is 0 Å². The summed E-state index contributed by atoms with van der Waals surface area (Å²) in [4.78, 5) is 9.09. The summed E-state index contributed by atoms with van der Waals surface area (Å²) >= 11 is 5.98. The predicted molar refractivity (Wildman–Crippen MR) is 75.4 cm³/mol. The van der Waals surface area contributed by atoms with Gasteiger partial charge in [-0.15, -0.1) is 0 Å². The minimum atomic E-state index is 0.107. The van der Waals surface area contributed by atoms with Gasteiger partial charge in [-0.25, -0.2) is 9.97 Å². The van der Waals surface area contributed by atoms with Crippen LogP contribution in [0.4, 0.5) is 0 Å². The number of fused-ring (bicyclic) bond motifs is 1. The zero-order valence-corrected chi connectivity index (χ0v) is 11.6. The number of rotatable bonds is 3. The van der Waals surface area contributed by atoms with Crippen LogP contribution in [0.3, 0.4) is 0 Å². The van der Waals surface area contributed by atoms with Crippen LogP contribution in [0.15, 0.2) is 12.3 Å². The van der Waals surface area contributed by atoms with E-state index in [0.29, 0.717) is 17.5 Å². The maximum absolute atomic E-state index is 9.27. The smallest absolute Gasteiger partial charge is 0.160 e. The van der Waals surface area contributed by atoms with Gasteiger partial charge < -0.3 is 9.67 Å². The number of aromatic nitrogens is 3. The molecule has 0 radical (unpaired) electrons. The van der Waals surface area contributed by atoms with Gasteiger partial charge in [0.2, 0.25) is 0 Å². The Morgan fingerprint density at radius 1 is 1.32 bits per heavy atom. The van der Waals surface area contributed by atoms with Crippen LogP contribution in [0.1, 0.15) is 43.8 Å². The highest BCUT2D eigenvalue weighted by atomic mass is 35.5. The Kier molecular flexibility index (Phi) is 3.71. The Balaban J connectivity index is 2.08. The summed E-state index contributed by atoms with van der Waals surface area (Å²) in [5, 5.41) is 9.88. The molecular formula is C14H18ClN3O. The summed E-state index contributed by atoms with van der Waals surface area (Å²) in [6.45, 7) is 0.659. The van der Waals surface area contributed by atoms with Crippen molar-refractivity contribution in [1.29, 1.82) is 0 Å². The third kappa shape index (κ3) is 2.47. The molecule has 4 nitrogen and oxygen atoms in total. The normalized spacial score (nSPS) is 17.2. The minimum absolute atomic E-state index is 0.107. The summed E-state index contributed by atoms with van der Waals surface area (Å²) in [5.74, 6) is 1.56. The zero-order valence-electron chi connectivity index (χ0n) is 10.8. The fraction of sp³-hybridized carbons (Fsp3) is 0.571. The van der Waals surface area contributed by atoms with Crippen LogP contribution in [0.5, 0.6) is 0 Å². The molecule has 0 aromatic carbocycles. The monoisotopic (exact) mass is 279 g/mol. The van der Waals surface area contributed by atoms with Gasteiger partial charge in [0.1, 0.15) is 11.3 Å². The number of aliphatic hydroxyl groups is 1. The van der Waals surface area contributed by atoms with Crippen LogP contribution in [0.25, 0.3) is 11.2 Å². The highest BCUT2D eigenvalue weighted by molar-refractivity contribution is 6.31. The molecule has 0 atom stereocenters. The van der Waals surface area contributed by atoms with E-state index in [1.54, 1.807) is 6.20 Å². The molecule has 0 amide bonds. The van der Waals surface area contributed by atoms with Crippen molar-refractivity contribution >= 4 is 22.8 Å². The van der Waals surface area contributed by atoms with E-state index in [4.69, 9.17) is 16.6 Å². The van der Waals surface area contributed by atoms with E-state index in [1.807, 2.05) is 6.07 Å². The number of hydrogen-bond acceptors (Lipinski definition) is 3. The van der Waals surface area contributed by atoms with Gasteiger partial charge in [-0.3, -0.25) is 0 Å². The van der Waals surface area contributed by atoms with Gasteiger partial charge in [0.25, 0.3) is 0 Å². The lowest BCUT2D eigenvalue weighted by Gasteiger charge is -2.21. The molecule has 3 rings (SSSR count). The summed E-state index contributed by atoms with van der Waals surface area (Å²) in [7, 11) is 0. The molecule has 1 aliphatic carbocycles. The maximum Gasteiger partial charge on any atom is 0.160 e. The Bertz CT molecular complexity index is 575. The molecule has 19 heavy (non-hydrogen) atoms. The molecule has 1 fully saturated rings. The summed E-state index contributed by atoms with van der Waals surface area (Å²) < 4.78 is 2.06. The number of imidazole rings is 1. The van der Waals surface area contributed by atoms with Crippen molar-refractivity contribution in [1.82, 2.24) is 14.5 Å². The average Bonchev–Trinajstić information content (AvgIpc) is 2.78. The van der Waals surface area contributed by atoms with E-state index in [-0.39, 0.29) is 6.61 Å². The molecule has 0 aliphatic heterocycles. The van der Waals surface area contributed by atoms with Crippen molar-refractivity contribution in [2.75, 3.05) is 6.61 Å². The van der Waals surface area contributed by atoms with Gasteiger partial charge in [0.15, 0.2) is 5.65 Å². The fourth-order valence-electron chi connectivity index (χ4n) is 3.00. The van der Waals surface area contributed by atoms with Crippen LogP contribution in [0.2, 0.25) is 5.02 Å². The molecule has 2 aromatic heterocycles. The molecular weight excluding hydrogens is 262 g/mol. The number of nitrogens with zero attached hydrogens (tertiary/aromatic N) is 3. The second kappa shape index (κ2) is 5.47. The molecule has 1 aliphatic rings. The topological polar surface area (TPSA) is 50.9 Å².